The van der Waals surface area contributed by atoms with E-state index in [0.29, 0.717) is 0 Å². The predicted molar refractivity (Wildman–Crippen MR) is 111 cm³/mol. The minimum atomic E-state index is -3.98. The van der Waals surface area contributed by atoms with E-state index >= 15 is 0 Å². The molecule has 1 aliphatic rings. The molecule has 188 valence electrons. The topological polar surface area (TPSA) is 12.4 Å². The Morgan fingerprint density at radius 2 is 0.706 bits per heavy atom. The van der Waals surface area contributed by atoms with Crippen LogP contribution in [0.3, 0.4) is 0 Å². The monoisotopic (exact) mass is 518 g/mol. The number of rotatable bonds is 2. The van der Waals surface area contributed by atoms with Crippen LogP contribution in [-0.4, -0.2) is 22.7 Å². The van der Waals surface area contributed by atoms with E-state index in [9.17, 15) is 43.9 Å². The molecule has 0 amide bonds. The van der Waals surface area contributed by atoms with E-state index in [4.69, 9.17) is 0 Å². The molecule has 0 unspecified atom stereocenters. The van der Waals surface area contributed by atoms with Crippen molar-refractivity contribution in [2.75, 3.05) is 6.06 Å². The Morgan fingerprint density at radius 3 is 0.912 bits per heavy atom. The van der Waals surface area contributed by atoms with Crippen LogP contribution in [0.5, 0.6) is 0 Å². The second-order valence-electron chi connectivity index (χ2n) is 10.4. The number of benzene rings is 2. The maximum absolute atomic E-state index is 14.9. The summed E-state index contributed by atoms with van der Waals surface area (Å²) in [7, 11) is -2.94. The number of halogens is 10. The number of hydrogen-bond donors (Lipinski definition) is 0. The van der Waals surface area contributed by atoms with Gasteiger partial charge in [-0.3, -0.25) is 0 Å². The van der Waals surface area contributed by atoms with Crippen molar-refractivity contribution in [2.24, 2.45) is 4.66 Å². The van der Waals surface area contributed by atoms with Crippen molar-refractivity contribution in [3.8, 4) is 0 Å². The lowest BCUT2D eigenvalue weighted by molar-refractivity contribution is 0.381. The van der Waals surface area contributed by atoms with Crippen LogP contribution in [0.25, 0.3) is 0 Å². The molecule has 0 spiro atoms. The molecule has 3 rings (SSSR count). The lowest BCUT2D eigenvalue weighted by Gasteiger charge is -2.65. The quantitative estimate of drug-likeness (QED) is 0.142. The maximum Gasteiger partial charge on any atom is 0.200 e. The van der Waals surface area contributed by atoms with Crippen LogP contribution < -0.4 is 10.9 Å². The first-order valence-electron chi connectivity index (χ1n) is 10.1. The van der Waals surface area contributed by atoms with Crippen molar-refractivity contribution in [1.82, 2.24) is 0 Å². The molecular formula is C21H20BF10NP-. The van der Waals surface area contributed by atoms with Gasteiger partial charge in [-0.2, -0.15) is 0 Å². The number of nitrogens with zero attached hydrogens (tertiary/aromatic N) is 1. The van der Waals surface area contributed by atoms with E-state index in [1.165, 1.54) is 0 Å². The van der Waals surface area contributed by atoms with Gasteiger partial charge in [-0.05, 0) is 10.3 Å². The SMILES string of the molecule is CC(C)(C)P1(C(C)(C)C)=N[B-](c2c(F)c(F)c(F)c(F)c2F)(c2c(F)c(F)c(F)c(F)c2F)C1. The van der Waals surface area contributed by atoms with E-state index in [1.54, 1.807) is 41.5 Å². The predicted octanol–water partition coefficient (Wildman–Crippen LogP) is 6.49. The molecule has 0 aliphatic carbocycles. The highest BCUT2D eigenvalue weighted by Crippen LogP contribution is 2.75. The van der Waals surface area contributed by atoms with Crippen molar-refractivity contribution in [3.63, 3.8) is 0 Å². The first-order chi connectivity index (χ1) is 15.3. The molecule has 0 radical (unpaired) electrons. The van der Waals surface area contributed by atoms with Gasteiger partial charge in [0, 0.05) is 0 Å². The normalized spacial score (nSPS) is 17.4. The molecule has 0 saturated carbocycles. The van der Waals surface area contributed by atoms with Crippen molar-refractivity contribution >= 4 is 24.3 Å². The van der Waals surface area contributed by atoms with Crippen molar-refractivity contribution in [3.05, 3.63) is 58.2 Å². The summed E-state index contributed by atoms with van der Waals surface area (Å²) in [5.41, 5.74) is -3.41. The Labute approximate surface area is 189 Å². The average molecular weight is 518 g/mol. The summed E-state index contributed by atoms with van der Waals surface area (Å²) in [6, 6.07) is -0.642. The van der Waals surface area contributed by atoms with Gasteiger partial charge in [0.2, 0.25) is 0 Å². The third kappa shape index (κ3) is 3.27. The van der Waals surface area contributed by atoms with Gasteiger partial charge in [0.05, 0.1) is 0 Å². The second-order valence-corrected chi connectivity index (χ2v) is 15.2. The van der Waals surface area contributed by atoms with Gasteiger partial charge in [-0.1, -0.05) is 48.6 Å². The highest BCUT2D eigenvalue weighted by Gasteiger charge is 2.56. The summed E-state index contributed by atoms with van der Waals surface area (Å²) < 4.78 is 148. The van der Waals surface area contributed by atoms with E-state index in [0.717, 1.165) is 0 Å². The Morgan fingerprint density at radius 1 is 0.500 bits per heavy atom. The molecule has 34 heavy (non-hydrogen) atoms. The average Bonchev–Trinajstić information content (AvgIpc) is 2.68. The first-order valence-corrected chi connectivity index (χ1v) is 12.0. The highest BCUT2D eigenvalue weighted by molar-refractivity contribution is 7.77. The lowest BCUT2D eigenvalue weighted by atomic mass is 9.29. The van der Waals surface area contributed by atoms with Gasteiger partial charge < -0.3 is 4.66 Å². The van der Waals surface area contributed by atoms with E-state index in [1.807, 2.05) is 0 Å². The summed E-state index contributed by atoms with van der Waals surface area (Å²) in [6.45, 7) is 9.96. The third-order valence-corrected chi connectivity index (χ3v) is 12.9. The summed E-state index contributed by atoms with van der Waals surface area (Å²) in [5.74, 6) is -24.5. The highest BCUT2D eigenvalue weighted by atomic mass is 31.2. The van der Waals surface area contributed by atoms with Crippen LogP contribution in [0.4, 0.5) is 43.9 Å². The zero-order valence-corrected chi connectivity index (χ0v) is 19.9. The summed E-state index contributed by atoms with van der Waals surface area (Å²) >= 11 is 0. The molecule has 1 aliphatic heterocycles. The standard InChI is InChI=1S/C21H20BF10NP/c1-20(2,3)34(21(4,5)6)7-22(33-34,8-10(23)14(27)18(31)15(28)11(8)24)9-12(25)16(29)19(32)17(30)13(9)26/h7H2,1-6H3/q-1. The fraction of sp³-hybridized carbons (Fsp3) is 0.429. The van der Waals surface area contributed by atoms with Crippen LogP contribution in [0.2, 0.25) is 0 Å². The smallest absolute Gasteiger partial charge is 0.200 e. The Hall–Kier alpha value is -1.97. The fourth-order valence-electron chi connectivity index (χ4n) is 5.13. The van der Waals surface area contributed by atoms with E-state index in [2.05, 4.69) is 4.66 Å². The molecule has 0 N–H and O–H groups in total. The Bertz CT molecular complexity index is 1130. The van der Waals surface area contributed by atoms with E-state index < -0.39 is 98.8 Å². The van der Waals surface area contributed by atoms with Crippen molar-refractivity contribution in [2.45, 2.75) is 51.9 Å². The Balaban J connectivity index is 2.65. The molecule has 2 aromatic rings. The minimum Gasteiger partial charge on any atom is -0.502 e. The maximum atomic E-state index is 14.9. The van der Waals surface area contributed by atoms with Gasteiger partial charge in [0.25, 0.3) is 0 Å². The van der Waals surface area contributed by atoms with Crippen LogP contribution in [0.1, 0.15) is 41.5 Å². The van der Waals surface area contributed by atoms with Crippen LogP contribution >= 0.6 is 7.05 Å². The van der Waals surface area contributed by atoms with Gasteiger partial charge in [0.15, 0.2) is 41.2 Å². The Kier molecular flexibility index (Phi) is 6.09. The molecule has 0 saturated heterocycles. The molecule has 1 heterocycles. The van der Waals surface area contributed by atoms with Gasteiger partial charge in [-0.15, -0.1) is 17.0 Å². The van der Waals surface area contributed by atoms with Gasteiger partial charge in [0.1, 0.15) is 23.3 Å². The minimum absolute atomic E-state index is 0.642. The molecule has 0 aromatic heterocycles. The largest absolute Gasteiger partial charge is 0.502 e. The van der Waals surface area contributed by atoms with Crippen LogP contribution in [-0.2, 0) is 0 Å². The zero-order chi connectivity index (χ0) is 26.3. The molecule has 2 aromatic carbocycles. The van der Waals surface area contributed by atoms with Gasteiger partial charge in [-0.25, -0.2) is 43.9 Å². The van der Waals surface area contributed by atoms with Crippen molar-refractivity contribution in [1.29, 1.82) is 0 Å². The molecule has 13 heteroatoms. The second kappa shape index (κ2) is 7.77. The third-order valence-electron chi connectivity index (χ3n) is 6.58. The lowest BCUT2D eigenvalue weighted by Crippen LogP contribution is -2.71. The molecule has 0 fully saturated rings. The first kappa shape index (κ1) is 26.6. The summed E-state index contributed by atoms with van der Waals surface area (Å²) in [6.07, 6.45) is -3.98. The van der Waals surface area contributed by atoms with Crippen LogP contribution in [0, 0.1) is 58.2 Å². The fourth-order valence-corrected chi connectivity index (χ4v) is 10.9. The summed E-state index contributed by atoms with van der Waals surface area (Å²) in [5, 5.41) is -1.63. The summed E-state index contributed by atoms with van der Waals surface area (Å²) in [4.78, 5) is 0. The van der Waals surface area contributed by atoms with Gasteiger partial charge >= 0.3 is 0 Å². The van der Waals surface area contributed by atoms with Crippen LogP contribution in [0.15, 0.2) is 4.66 Å². The number of hydrogen-bond acceptors (Lipinski definition) is 1. The van der Waals surface area contributed by atoms with E-state index in [-0.39, 0.29) is 0 Å². The molecular weight excluding hydrogens is 498 g/mol. The molecule has 0 bridgehead atoms. The molecule has 0 atom stereocenters. The van der Waals surface area contributed by atoms with Crippen molar-refractivity contribution < 1.29 is 43.9 Å². The zero-order valence-electron chi connectivity index (χ0n) is 19.0. The molecule has 1 nitrogen and oxygen atoms in total.